The van der Waals surface area contributed by atoms with Crippen molar-refractivity contribution in [3.8, 4) is 11.3 Å². The Labute approximate surface area is 189 Å². The molecule has 0 aliphatic carbocycles. The summed E-state index contributed by atoms with van der Waals surface area (Å²) in [5, 5.41) is 12.8. The van der Waals surface area contributed by atoms with E-state index in [1.165, 1.54) is 29.3 Å². The van der Waals surface area contributed by atoms with Crippen molar-refractivity contribution in [3.63, 3.8) is 0 Å². The monoisotopic (exact) mass is 482 g/mol. The Hall–Kier alpha value is -3.70. The van der Waals surface area contributed by atoms with Gasteiger partial charge in [0, 0.05) is 43.1 Å². The number of rotatable bonds is 4. The molecule has 1 saturated heterocycles. The largest absolute Gasteiger partial charge is 0.530 e. The Morgan fingerprint density at radius 2 is 1.85 bits per heavy atom. The number of carboxylic acid groups (broad SMARTS) is 1. The van der Waals surface area contributed by atoms with Crippen molar-refractivity contribution in [1.82, 2.24) is 15.2 Å². The van der Waals surface area contributed by atoms with Gasteiger partial charge in [0.25, 0.3) is 11.8 Å². The number of halogens is 5. The highest BCUT2D eigenvalue weighted by Crippen LogP contribution is 2.38. The minimum Gasteiger partial charge on any atom is -0.530 e. The number of amides is 2. The van der Waals surface area contributed by atoms with Crippen molar-refractivity contribution in [2.75, 3.05) is 13.1 Å². The lowest BCUT2D eigenvalue weighted by molar-refractivity contribution is -0.251. The summed E-state index contributed by atoms with van der Waals surface area (Å²) in [7, 11) is 0. The van der Waals surface area contributed by atoms with E-state index in [2.05, 4.69) is 4.98 Å². The van der Waals surface area contributed by atoms with Gasteiger partial charge in [-0.05, 0) is 30.3 Å². The number of alkyl halides is 5. The van der Waals surface area contributed by atoms with Crippen molar-refractivity contribution in [1.29, 1.82) is 0 Å². The number of carbonyl (C=O) groups excluding carboxylic acids is 2. The Morgan fingerprint density at radius 1 is 1.15 bits per heavy atom. The van der Waals surface area contributed by atoms with E-state index in [1.807, 2.05) is 5.32 Å². The number of piperidine rings is 1. The molecule has 0 saturated carbocycles. The van der Waals surface area contributed by atoms with Gasteiger partial charge in [-0.25, -0.2) is 8.78 Å². The molecule has 2 amide bonds. The standard InChI is InChI=1S/C22H18F5N3O4/c23-21(24)3-5-30(6-4-21)19(31)12-1-2-17(28-10-12)15-7-13(22(25,26)27)8-18-16(15)9-14(34-18)11-29-20(32)33/h1-2,7-10,29H,3-6,11H2,(H,32,33)/p-1. The smallest absolute Gasteiger partial charge is 0.416 e. The van der Waals surface area contributed by atoms with Gasteiger partial charge in [-0.1, -0.05) is 0 Å². The number of fused-ring (bicyclic) bond motifs is 1. The van der Waals surface area contributed by atoms with Crippen molar-refractivity contribution >= 4 is 23.0 Å². The summed E-state index contributed by atoms with van der Waals surface area (Å²) in [6.45, 7) is -0.535. The van der Waals surface area contributed by atoms with Crippen LogP contribution in [0.2, 0.25) is 0 Å². The lowest BCUT2D eigenvalue weighted by Crippen LogP contribution is -2.42. The number of pyridine rings is 1. The van der Waals surface area contributed by atoms with Crippen LogP contribution < -0.4 is 10.4 Å². The Bertz CT molecular complexity index is 1230. The number of carbonyl (C=O) groups is 2. The van der Waals surface area contributed by atoms with E-state index >= 15 is 0 Å². The third-order valence-corrected chi connectivity index (χ3v) is 5.49. The van der Waals surface area contributed by atoms with Crippen molar-refractivity contribution in [2.24, 2.45) is 0 Å². The molecule has 0 spiro atoms. The van der Waals surface area contributed by atoms with E-state index in [0.717, 1.165) is 12.1 Å². The molecule has 34 heavy (non-hydrogen) atoms. The van der Waals surface area contributed by atoms with Gasteiger partial charge in [0.05, 0.1) is 23.4 Å². The molecule has 1 N–H and O–H groups in total. The van der Waals surface area contributed by atoms with E-state index in [9.17, 15) is 36.6 Å². The summed E-state index contributed by atoms with van der Waals surface area (Å²) in [6.07, 6.45) is -5.97. The van der Waals surface area contributed by atoms with Crippen LogP contribution in [0.3, 0.4) is 0 Å². The summed E-state index contributed by atoms with van der Waals surface area (Å²) in [4.78, 5) is 28.6. The predicted molar refractivity (Wildman–Crippen MR) is 107 cm³/mol. The predicted octanol–water partition coefficient (Wildman–Crippen LogP) is 3.82. The second-order valence-corrected chi connectivity index (χ2v) is 7.87. The van der Waals surface area contributed by atoms with E-state index in [0.29, 0.717) is 0 Å². The highest BCUT2D eigenvalue weighted by atomic mass is 19.4. The number of furan rings is 1. The maximum Gasteiger partial charge on any atom is 0.416 e. The second kappa shape index (κ2) is 8.58. The molecule has 4 rings (SSSR count). The zero-order valence-electron chi connectivity index (χ0n) is 17.4. The molecular formula is C22H17F5N3O4-. The minimum absolute atomic E-state index is 0.0601. The van der Waals surface area contributed by atoms with Gasteiger partial charge in [0.15, 0.2) is 0 Å². The maximum atomic E-state index is 13.4. The molecule has 1 aliphatic heterocycles. The third-order valence-electron chi connectivity index (χ3n) is 5.49. The molecule has 0 atom stereocenters. The van der Waals surface area contributed by atoms with Gasteiger partial charge < -0.3 is 24.5 Å². The average molecular weight is 482 g/mol. The summed E-state index contributed by atoms with van der Waals surface area (Å²) in [5.41, 5.74) is -0.845. The molecule has 0 radical (unpaired) electrons. The number of nitrogens with zero attached hydrogens (tertiary/aromatic N) is 2. The van der Waals surface area contributed by atoms with Crippen LogP contribution in [0.15, 0.2) is 40.9 Å². The van der Waals surface area contributed by atoms with Crippen molar-refractivity contribution < 1.29 is 41.1 Å². The average Bonchev–Trinajstić information content (AvgIpc) is 3.19. The Kier molecular flexibility index (Phi) is 5.92. The molecule has 12 heteroatoms. The van der Waals surface area contributed by atoms with Gasteiger partial charge in [0.2, 0.25) is 0 Å². The van der Waals surface area contributed by atoms with Crippen molar-refractivity contribution in [2.45, 2.75) is 31.5 Å². The van der Waals surface area contributed by atoms with Crippen LogP contribution in [0.4, 0.5) is 26.7 Å². The molecule has 3 heterocycles. The van der Waals surface area contributed by atoms with Gasteiger partial charge >= 0.3 is 6.18 Å². The molecular weight excluding hydrogens is 465 g/mol. The molecule has 1 aliphatic rings. The molecule has 3 aromatic rings. The van der Waals surface area contributed by atoms with Crippen LogP contribution in [0.25, 0.3) is 22.2 Å². The summed E-state index contributed by atoms with van der Waals surface area (Å²) in [5.74, 6) is -3.25. The number of benzene rings is 1. The molecule has 1 aromatic carbocycles. The summed E-state index contributed by atoms with van der Waals surface area (Å²) in [6, 6.07) is 5.78. The lowest BCUT2D eigenvalue weighted by atomic mass is 10.0. The molecule has 180 valence electrons. The minimum atomic E-state index is -4.69. The highest BCUT2D eigenvalue weighted by molar-refractivity contribution is 5.96. The SMILES string of the molecule is O=C([O-])NCc1cc2c(-c3ccc(C(=O)N4CCC(F)(F)CC4)cn3)cc(C(F)(F)F)cc2o1. The number of nitrogens with one attached hydrogen (secondary N) is 1. The zero-order valence-corrected chi connectivity index (χ0v) is 17.4. The van der Waals surface area contributed by atoms with Crippen LogP contribution in [0, 0.1) is 0 Å². The van der Waals surface area contributed by atoms with Crippen molar-refractivity contribution in [3.05, 3.63) is 53.4 Å². The number of hydrogen-bond acceptors (Lipinski definition) is 5. The molecule has 0 unspecified atom stereocenters. The quantitative estimate of drug-likeness (QED) is 0.571. The van der Waals surface area contributed by atoms with Crippen LogP contribution >= 0.6 is 0 Å². The summed E-state index contributed by atoms with van der Waals surface area (Å²) >= 11 is 0. The number of aromatic nitrogens is 1. The summed E-state index contributed by atoms with van der Waals surface area (Å²) < 4.78 is 72.4. The lowest BCUT2D eigenvalue weighted by Gasteiger charge is -2.31. The molecule has 2 aromatic heterocycles. The first-order valence-electron chi connectivity index (χ1n) is 10.1. The van der Waals surface area contributed by atoms with Gasteiger partial charge in [-0.3, -0.25) is 9.78 Å². The van der Waals surface area contributed by atoms with Crippen LogP contribution in [0.1, 0.15) is 34.5 Å². The first-order chi connectivity index (χ1) is 15.9. The molecule has 7 nitrogen and oxygen atoms in total. The highest BCUT2D eigenvalue weighted by Gasteiger charge is 2.36. The van der Waals surface area contributed by atoms with Crippen LogP contribution in [0.5, 0.6) is 0 Å². The van der Waals surface area contributed by atoms with E-state index in [-0.39, 0.29) is 53.2 Å². The Morgan fingerprint density at radius 3 is 2.44 bits per heavy atom. The zero-order chi connectivity index (χ0) is 24.7. The molecule has 1 fully saturated rings. The fourth-order valence-corrected chi connectivity index (χ4v) is 3.71. The van der Waals surface area contributed by atoms with Gasteiger partial charge in [-0.15, -0.1) is 0 Å². The molecule has 0 bridgehead atoms. The van der Waals surface area contributed by atoms with Crippen LogP contribution in [-0.2, 0) is 12.7 Å². The second-order valence-electron chi connectivity index (χ2n) is 7.87. The van der Waals surface area contributed by atoms with E-state index < -0.39 is 42.5 Å². The third kappa shape index (κ3) is 4.95. The fourth-order valence-electron chi connectivity index (χ4n) is 3.71. The van der Waals surface area contributed by atoms with Gasteiger partial charge in [0.1, 0.15) is 17.4 Å². The first-order valence-corrected chi connectivity index (χ1v) is 10.1. The van der Waals surface area contributed by atoms with Gasteiger partial charge in [-0.2, -0.15) is 13.2 Å². The first kappa shape index (κ1) is 23.5. The van der Waals surface area contributed by atoms with E-state index in [1.54, 1.807) is 0 Å². The Balaban J connectivity index is 1.66. The maximum absolute atomic E-state index is 13.4. The normalized spacial score (nSPS) is 16.0. The van der Waals surface area contributed by atoms with E-state index in [4.69, 9.17) is 4.42 Å². The number of likely N-dealkylation sites (tertiary alicyclic amines) is 1. The fraction of sp³-hybridized carbons (Fsp3) is 0.318. The van der Waals surface area contributed by atoms with Crippen LogP contribution in [-0.4, -0.2) is 40.9 Å². The topological polar surface area (TPSA) is 98.5 Å². The number of hydrogen-bond donors (Lipinski definition) is 1.